The van der Waals surface area contributed by atoms with Gasteiger partial charge in [-0.1, -0.05) is 6.07 Å². The van der Waals surface area contributed by atoms with E-state index in [0.717, 1.165) is 54.5 Å². The average Bonchev–Trinajstić information content (AvgIpc) is 3.49. The van der Waals surface area contributed by atoms with Gasteiger partial charge in [0.15, 0.2) is 5.69 Å². The molecule has 33 heavy (non-hydrogen) atoms. The number of carbonyl (C=O) groups is 1. The lowest BCUT2D eigenvalue weighted by Gasteiger charge is -2.34. The van der Waals surface area contributed by atoms with Crippen LogP contribution in [-0.4, -0.2) is 69.2 Å². The van der Waals surface area contributed by atoms with Gasteiger partial charge in [0.05, 0.1) is 5.52 Å². The normalized spacial score (nSPS) is 18.4. The fourth-order valence-electron chi connectivity index (χ4n) is 5.11. The van der Waals surface area contributed by atoms with Crippen molar-refractivity contribution in [3.8, 4) is 11.1 Å². The first kappa shape index (κ1) is 22.0. The van der Waals surface area contributed by atoms with E-state index in [2.05, 4.69) is 62.3 Å². The van der Waals surface area contributed by atoms with Gasteiger partial charge in [-0.2, -0.15) is 5.10 Å². The number of hydrogen-bond acceptors (Lipinski definition) is 5. The summed E-state index contributed by atoms with van der Waals surface area (Å²) in [6, 6.07) is 9.11. The lowest BCUT2D eigenvalue weighted by atomic mass is 10.0. The van der Waals surface area contributed by atoms with Crippen LogP contribution in [0.5, 0.6) is 0 Å². The Morgan fingerprint density at radius 2 is 1.88 bits per heavy atom. The lowest BCUT2D eigenvalue weighted by Crippen LogP contribution is -2.46. The highest BCUT2D eigenvalue weighted by molar-refractivity contribution is 6.05. The van der Waals surface area contributed by atoms with E-state index in [1.54, 1.807) is 0 Å². The number of H-pyrrole nitrogens is 1. The molecule has 0 saturated carbocycles. The predicted octanol–water partition coefficient (Wildman–Crippen LogP) is 3.82. The summed E-state index contributed by atoms with van der Waals surface area (Å²) in [6.07, 6.45) is 8.39. The molecule has 0 spiro atoms. The largest absolute Gasteiger partial charge is 0.348 e. The topological polar surface area (TPSA) is 77.1 Å². The van der Waals surface area contributed by atoms with Crippen molar-refractivity contribution in [3.05, 3.63) is 47.9 Å². The number of benzene rings is 1. The van der Waals surface area contributed by atoms with Crippen molar-refractivity contribution >= 4 is 16.8 Å². The van der Waals surface area contributed by atoms with Crippen LogP contribution >= 0.6 is 0 Å². The number of hydrogen-bond donors (Lipinski definition) is 2. The van der Waals surface area contributed by atoms with Gasteiger partial charge in [-0.3, -0.25) is 19.8 Å². The first-order chi connectivity index (χ1) is 16.1. The minimum absolute atomic E-state index is 0.0951. The maximum absolute atomic E-state index is 13.1. The zero-order valence-electron chi connectivity index (χ0n) is 19.7. The molecule has 0 atom stereocenters. The number of nitrogens with zero attached hydrogens (tertiary/aromatic N) is 4. The van der Waals surface area contributed by atoms with E-state index in [4.69, 9.17) is 0 Å². The number of nitrogens with one attached hydrogen (secondary N) is 2. The molecular formula is C26H34N6O. The number of amides is 1. The third-order valence-electron chi connectivity index (χ3n) is 7.11. The number of aromatic nitrogens is 3. The van der Waals surface area contributed by atoms with E-state index < -0.39 is 0 Å². The van der Waals surface area contributed by atoms with Crippen LogP contribution in [0.2, 0.25) is 0 Å². The molecule has 2 aromatic heterocycles. The Bertz CT molecular complexity index is 1110. The van der Waals surface area contributed by atoms with Gasteiger partial charge in [0.25, 0.3) is 5.91 Å². The van der Waals surface area contributed by atoms with Crippen molar-refractivity contribution in [2.24, 2.45) is 0 Å². The Balaban J connectivity index is 1.32. The Morgan fingerprint density at radius 1 is 1.09 bits per heavy atom. The molecule has 2 fully saturated rings. The maximum Gasteiger partial charge on any atom is 0.272 e. The van der Waals surface area contributed by atoms with Crippen molar-refractivity contribution in [1.29, 1.82) is 0 Å². The molecule has 3 aromatic rings. The van der Waals surface area contributed by atoms with Crippen LogP contribution in [0.1, 0.15) is 55.6 Å². The van der Waals surface area contributed by atoms with Crippen LogP contribution in [0.25, 0.3) is 22.0 Å². The van der Waals surface area contributed by atoms with E-state index in [1.807, 2.05) is 18.5 Å². The fourth-order valence-corrected chi connectivity index (χ4v) is 5.11. The van der Waals surface area contributed by atoms with Crippen LogP contribution < -0.4 is 5.32 Å². The number of rotatable bonds is 6. The minimum Gasteiger partial charge on any atom is -0.348 e. The van der Waals surface area contributed by atoms with E-state index in [1.165, 1.54) is 31.5 Å². The Hall–Kier alpha value is -2.77. The maximum atomic E-state index is 13.1. The van der Waals surface area contributed by atoms with Gasteiger partial charge in [0, 0.05) is 55.1 Å². The molecular weight excluding hydrogens is 412 g/mol. The van der Waals surface area contributed by atoms with Crippen molar-refractivity contribution in [2.75, 3.05) is 26.2 Å². The van der Waals surface area contributed by atoms with E-state index in [0.29, 0.717) is 11.7 Å². The second-order valence-electron chi connectivity index (χ2n) is 9.78. The van der Waals surface area contributed by atoms with Gasteiger partial charge < -0.3 is 10.2 Å². The predicted molar refractivity (Wildman–Crippen MR) is 131 cm³/mol. The number of piperidine rings is 1. The Kier molecular flexibility index (Phi) is 6.42. The molecule has 2 saturated heterocycles. The Morgan fingerprint density at radius 3 is 2.64 bits per heavy atom. The average molecular weight is 447 g/mol. The monoisotopic (exact) mass is 446 g/mol. The van der Waals surface area contributed by atoms with E-state index in [-0.39, 0.29) is 11.9 Å². The zero-order valence-corrected chi connectivity index (χ0v) is 19.7. The summed E-state index contributed by atoms with van der Waals surface area (Å²) in [5, 5.41) is 11.5. The molecule has 5 rings (SSSR count). The number of aromatic amines is 1. The van der Waals surface area contributed by atoms with Crippen LogP contribution in [0.3, 0.4) is 0 Å². The quantitative estimate of drug-likeness (QED) is 0.602. The summed E-state index contributed by atoms with van der Waals surface area (Å²) in [4.78, 5) is 22.5. The fraction of sp³-hybridized carbons (Fsp3) is 0.500. The number of fused-ring (bicyclic) bond motifs is 1. The third kappa shape index (κ3) is 4.94. The molecule has 4 heterocycles. The van der Waals surface area contributed by atoms with Gasteiger partial charge in [0.1, 0.15) is 0 Å². The molecule has 2 aliphatic rings. The van der Waals surface area contributed by atoms with E-state index in [9.17, 15) is 4.79 Å². The van der Waals surface area contributed by atoms with Crippen LogP contribution in [0.15, 0.2) is 36.7 Å². The summed E-state index contributed by atoms with van der Waals surface area (Å²) in [7, 11) is 0. The number of carbonyl (C=O) groups excluding carboxylic acids is 1. The lowest BCUT2D eigenvalue weighted by molar-refractivity contribution is 0.0897. The van der Waals surface area contributed by atoms with Gasteiger partial charge in [0.2, 0.25) is 0 Å². The van der Waals surface area contributed by atoms with Crippen molar-refractivity contribution in [2.45, 2.75) is 58.2 Å². The van der Waals surface area contributed by atoms with Crippen LogP contribution in [0.4, 0.5) is 0 Å². The molecule has 1 amide bonds. The van der Waals surface area contributed by atoms with Gasteiger partial charge in [-0.25, -0.2) is 0 Å². The zero-order chi connectivity index (χ0) is 22.8. The molecule has 7 nitrogen and oxygen atoms in total. The van der Waals surface area contributed by atoms with Crippen molar-refractivity contribution < 1.29 is 4.79 Å². The third-order valence-corrected chi connectivity index (χ3v) is 7.11. The van der Waals surface area contributed by atoms with Gasteiger partial charge in [-0.05, 0) is 81.9 Å². The van der Waals surface area contributed by atoms with Gasteiger partial charge in [-0.15, -0.1) is 0 Å². The molecule has 2 N–H and O–H groups in total. The highest BCUT2D eigenvalue weighted by atomic mass is 16.2. The summed E-state index contributed by atoms with van der Waals surface area (Å²) in [6.45, 7) is 9.77. The molecule has 0 radical (unpaired) electrons. The van der Waals surface area contributed by atoms with E-state index >= 15 is 0 Å². The van der Waals surface area contributed by atoms with Crippen molar-refractivity contribution in [1.82, 2.24) is 30.3 Å². The highest BCUT2D eigenvalue weighted by Crippen LogP contribution is 2.26. The molecule has 7 heteroatoms. The second kappa shape index (κ2) is 9.61. The first-order valence-electron chi connectivity index (χ1n) is 12.3. The molecule has 0 unspecified atom stereocenters. The molecule has 174 valence electrons. The van der Waals surface area contributed by atoms with Crippen LogP contribution in [-0.2, 0) is 6.54 Å². The van der Waals surface area contributed by atoms with Crippen molar-refractivity contribution in [3.63, 3.8) is 0 Å². The molecule has 0 bridgehead atoms. The molecule has 1 aromatic carbocycles. The highest BCUT2D eigenvalue weighted by Gasteiger charge is 2.24. The number of pyridine rings is 1. The van der Waals surface area contributed by atoms with Gasteiger partial charge >= 0.3 is 0 Å². The summed E-state index contributed by atoms with van der Waals surface area (Å²) in [5.74, 6) is -0.0951. The smallest absolute Gasteiger partial charge is 0.272 e. The summed E-state index contributed by atoms with van der Waals surface area (Å²) < 4.78 is 0. The molecule has 2 aliphatic heterocycles. The minimum atomic E-state index is -0.0951. The second-order valence-corrected chi connectivity index (χ2v) is 9.78. The standard InChI is InChI=1S/C26H34N6O/c1-18(2)32-11-7-22(8-12-32)28-26(33)25-23-14-20(5-6-24(23)29-30-25)21-13-19(15-27-16-21)17-31-9-3-4-10-31/h5-6,13-16,18,22H,3-4,7-12,17H2,1-2H3,(H,28,33)(H,29,30). The summed E-state index contributed by atoms with van der Waals surface area (Å²) in [5.41, 5.74) is 4.70. The SMILES string of the molecule is CC(C)N1CCC(NC(=O)c2n[nH]c3ccc(-c4cncc(CN5CCCC5)c4)cc23)CC1. The first-order valence-corrected chi connectivity index (χ1v) is 12.3. The Labute approximate surface area is 195 Å². The number of likely N-dealkylation sites (tertiary alicyclic amines) is 2. The molecule has 0 aliphatic carbocycles. The summed E-state index contributed by atoms with van der Waals surface area (Å²) >= 11 is 0. The van der Waals surface area contributed by atoms with Crippen LogP contribution in [0, 0.1) is 0 Å².